The zero-order valence-corrected chi connectivity index (χ0v) is 52.9. The van der Waals surface area contributed by atoms with E-state index in [1.54, 1.807) is 40.4 Å². The summed E-state index contributed by atoms with van der Waals surface area (Å²) >= 11 is 0. The zero-order chi connectivity index (χ0) is 72.4. The Morgan fingerprint density at radius 3 is 1.03 bits per heavy atom. The van der Waals surface area contributed by atoms with Gasteiger partial charge in [-0.25, -0.2) is 33.9 Å². The van der Waals surface area contributed by atoms with Crippen LogP contribution in [0.4, 0.5) is 0 Å². The average Bonchev–Trinajstić information content (AvgIpc) is 1.91. The summed E-state index contributed by atoms with van der Waals surface area (Å²) in [5.41, 5.74) is 3.57. The molecule has 0 aromatic carbocycles. The van der Waals surface area contributed by atoms with Gasteiger partial charge in [-0.15, -0.1) is 33.4 Å². The second kappa shape index (κ2) is 44.8. The van der Waals surface area contributed by atoms with Crippen molar-refractivity contribution in [3.05, 3.63) is 50.6 Å². The Balaban J connectivity index is 0.000000763. The number of hydroxylamine groups is 8. The lowest BCUT2D eigenvalue weighted by Gasteiger charge is -2.32. The normalized spacial score (nSPS) is 14.1. The van der Waals surface area contributed by atoms with Crippen molar-refractivity contribution in [1.82, 2.24) is 44.7 Å². The van der Waals surface area contributed by atoms with Crippen molar-refractivity contribution in [1.29, 1.82) is 0 Å². The van der Waals surface area contributed by atoms with Crippen molar-refractivity contribution in [3.63, 3.8) is 0 Å². The molecule has 0 unspecified atom stereocenters. The molecule has 0 aliphatic carbocycles. The highest BCUT2D eigenvalue weighted by Crippen LogP contribution is 2.22. The molecule has 4 saturated heterocycles. The molecule has 4 aliphatic rings. The van der Waals surface area contributed by atoms with Gasteiger partial charge in [0.25, 0.3) is 47.3 Å². The fourth-order valence-corrected chi connectivity index (χ4v) is 7.36. The van der Waals surface area contributed by atoms with Crippen LogP contribution in [0.1, 0.15) is 90.4 Å². The van der Waals surface area contributed by atoms with E-state index in [1.165, 1.54) is 0 Å². The summed E-state index contributed by atoms with van der Waals surface area (Å²) in [5, 5.41) is 3.42. The number of hydrogen-bond acceptors (Lipinski definition) is 35. The van der Waals surface area contributed by atoms with Gasteiger partial charge < -0.3 is 77.4 Å². The van der Waals surface area contributed by atoms with Gasteiger partial charge >= 0.3 is 53.7 Å². The molecule has 4 fully saturated rings. The van der Waals surface area contributed by atoms with Crippen LogP contribution in [0.5, 0.6) is 0 Å². The number of hydrogen-bond donors (Lipinski definition) is 2. The van der Waals surface area contributed by atoms with E-state index in [-0.39, 0.29) is 97.2 Å². The van der Waals surface area contributed by atoms with Crippen LogP contribution in [0.2, 0.25) is 0 Å². The van der Waals surface area contributed by atoms with E-state index in [2.05, 4.69) is 52.7 Å². The Morgan fingerprint density at radius 1 is 0.429 bits per heavy atom. The standard InChI is InChI=1S/C39H44N4O28.C11H17N3O4.C4H7N3.C2H4/c44-23-1-2-24(45)40(23)67-34(55)15-31(52)63-12-9-60-19-39(22-66-71-38(59)18-37(58)70-43-29(50)7-8-30(43)51,20-61-10-13-64-32(53)16-35(56)68-41-25(46)3-4-26(41)47)21-62-11-14-65-33(54)17-36(57)69-42-27(48)5-6-28(42)49;1-2-17-5-6-18-11(16)7-10(15)13-9-14-4-3-12-8-14;5-3-7-2-1-6-4-7;1-2/h1-22H2;3-4,8H,2,5-7,9H2,1H3,(H,13,15);1-2,4H,3,5H2;1-2H2. The van der Waals surface area contributed by atoms with Crippen molar-refractivity contribution >= 4 is 107 Å². The minimum absolute atomic E-state index is 0.168. The molecule has 538 valence electrons. The Labute approximate surface area is 554 Å². The molecule has 3 N–H and O–H groups in total. The zero-order valence-electron chi connectivity index (χ0n) is 52.9. The number of nitrogens with one attached hydrogen (secondary N) is 1. The largest absolute Gasteiger partial charge is 0.463 e. The van der Waals surface area contributed by atoms with Crippen molar-refractivity contribution < 1.29 is 153 Å². The lowest BCUT2D eigenvalue weighted by molar-refractivity contribution is -0.295. The minimum Gasteiger partial charge on any atom is -0.463 e. The van der Waals surface area contributed by atoms with Gasteiger partial charge in [0.05, 0.1) is 77.7 Å². The number of esters is 4. The molecule has 98 heavy (non-hydrogen) atoms. The maximum atomic E-state index is 12.5. The third-order valence-corrected chi connectivity index (χ3v) is 12.0. The van der Waals surface area contributed by atoms with Gasteiger partial charge in [-0.2, -0.15) is 4.89 Å². The van der Waals surface area contributed by atoms with Gasteiger partial charge in [0.1, 0.15) is 65.1 Å². The van der Waals surface area contributed by atoms with Gasteiger partial charge in [0.15, 0.2) is 0 Å². The maximum Gasteiger partial charge on any atom is 0.353 e. The fraction of sp³-hybridized carbons (Fsp3) is 0.536. The average molecular weight is 1400 g/mol. The summed E-state index contributed by atoms with van der Waals surface area (Å²) < 4.78 is 45.0. The first-order chi connectivity index (χ1) is 46.9. The molecule has 2 aromatic rings. The van der Waals surface area contributed by atoms with Crippen LogP contribution in [0, 0.1) is 5.41 Å². The molecule has 4 aliphatic heterocycles. The van der Waals surface area contributed by atoms with Crippen molar-refractivity contribution in [3.8, 4) is 0 Å². The lowest BCUT2D eigenvalue weighted by atomic mass is 9.92. The first kappa shape index (κ1) is 81.4. The Bertz CT molecular complexity index is 2860. The van der Waals surface area contributed by atoms with Crippen molar-refractivity contribution in [2.75, 3.05) is 85.9 Å². The first-order valence-electron chi connectivity index (χ1n) is 29.3. The molecular weight excluding hydrogens is 1320 g/mol. The highest BCUT2D eigenvalue weighted by atomic mass is 17.2. The Hall–Kier alpha value is -10.8. The Kier molecular flexibility index (Phi) is 37.2. The maximum absolute atomic E-state index is 12.5. The number of amides is 9. The van der Waals surface area contributed by atoms with Gasteiger partial charge in [0, 0.05) is 82.8 Å². The summed E-state index contributed by atoms with van der Waals surface area (Å²) in [4.78, 5) is 250. The summed E-state index contributed by atoms with van der Waals surface area (Å²) in [7, 11) is 0. The minimum atomic E-state index is -1.65. The smallest absolute Gasteiger partial charge is 0.353 e. The second-order valence-corrected chi connectivity index (χ2v) is 19.6. The Morgan fingerprint density at radius 2 is 0.735 bits per heavy atom. The molecule has 0 saturated carbocycles. The monoisotopic (exact) mass is 1400 g/mol. The number of carbonyl (C=O) groups excluding carboxylic acids is 18. The number of ether oxygens (including phenoxy) is 8. The second-order valence-electron chi connectivity index (χ2n) is 19.6. The predicted octanol–water partition coefficient (Wildman–Crippen LogP) is -3.36. The first-order valence-corrected chi connectivity index (χ1v) is 29.3. The van der Waals surface area contributed by atoms with Gasteiger partial charge in [-0.1, -0.05) is 0 Å². The van der Waals surface area contributed by atoms with E-state index in [0.717, 1.165) is 0 Å². The predicted molar refractivity (Wildman–Crippen MR) is 307 cm³/mol. The molecule has 42 nitrogen and oxygen atoms in total. The molecule has 6 rings (SSSR count). The SMILES string of the molecule is C=C.CCOCCOC(=O)CC(=O)NCn1ccnc1.NCn1ccnc1.O=C(CC(=O)ON1C(=O)CCC1=O)OCCOCC(COCCOC(=O)CC(=O)ON1C(=O)CCC1=O)(COCCOC(=O)CC(=O)ON1C(=O)CCC1=O)COOC(=O)CC(=O)ON1C(=O)CCC1=O. The van der Waals surface area contributed by atoms with E-state index < -0.39 is 198 Å². The molecule has 6 heterocycles. The molecule has 0 spiro atoms. The number of imide groups is 4. The van der Waals surface area contributed by atoms with Gasteiger partial charge in [-0.3, -0.25) is 67.2 Å². The molecule has 0 radical (unpaired) electrons. The topological polar surface area (TPSA) is 523 Å². The highest BCUT2D eigenvalue weighted by Gasteiger charge is 2.38. The van der Waals surface area contributed by atoms with Gasteiger partial charge in [-0.05, 0) is 6.92 Å². The number of nitrogens with two attached hydrogens (primary N) is 1. The van der Waals surface area contributed by atoms with Crippen LogP contribution in [-0.2, 0) is 167 Å². The quantitative estimate of drug-likeness (QED) is 0.00965. The number of imidazole rings is 2. The van der Waals surface area contributed by atoms with Crippen LogP contribution < -0.4 is 11.1 Å². The van der Waals surface area contributed by atoms with Crippen molar-refractivity contribution in [2.24, 2.45) is 11.1 Å². The summed E-state index contributed by atoms with van der Waals surface area (Å²) in [6.07, 6.45) is 3.91. The third-order valence-electron chi connectivity index (χ3n) is 12.0. The number of nitrogens with zero attached hydrogens (tertiary/aromatic N) is 8. The summed E-state index contributed by atoms with van der Waals surface area (Å²) in [6, 6.07) is 0. The van der Waals surface area contributed by atoms with E-state index in [9.17, 15) is 86.3 Å². The van der Waals surface area contributed by atoms with E-state index in [4.69, 9.17) is 48.5 Å². The fourth-order valence-electron chi connectivity index (χ4n) is 7.36. The summed E-state index contributed by atoms with van der Waals surface area (Å²) in [6.45, 7) is 4.40. The molecular formula is C56H72N10O32. The molecule has 42 heteroatoms. The van der Waals surface area contributed by atoms with E-state index in [1.807, 2.05) is 13.1 Å². The van der Waals surface area contributed by atoms with E-state index in [0.29, 0.717) is 19.9 Å². The third kappa shape index (κ3) is 31.6. The highest BCUT2D eigenvalue weighted by molar-refractivity contribution is 6.05. The van der Waals surface area contributed by atoms with Crippen LogP contribution in [0.3, 0.4) is 0 Å². The van der Waals surface area contributed by atoms with Crippen LogP contribution in [0.25, 0.3) is 0 Å². The van der Waals surface area contributed by atoms with Crippen LogP contribution >= 0.6 is 0 Å². The van der Waals surface area contributed by atoms with Crippen LogP contribution in [0.15, 0.2) is 50.6 Å². The number of rotatable bonds is 39. The van der Waals surface area contributed by atoms with Gasteiger partial charge in [0.2, 0.25) is 5.91 Å². The molecule has 2 aromatic heterocycles. The van der Waals surface area contributed by atoms with Crippen molar-refractivity contribution in [2.45, 2.75) is 104 Å². The summed E-state index contributed by atoms with van der Waals surface area (Å²) in [5.74, 6) is -17.5. The number of aromatic nitrogens is 4. The lowest BCUT2D eigenvalue weighted by Crippen LogP contribution is -2.43. The van der Waals surface area contributed by atoms with Crippen LogP contribution in [-0.4, -0.2) is 232 Å². The molecule has 9 amide bonds. The molecule has 0 atom stereocenters. The number of carbonyl (C=O) groups is 18. The van der Waals surface area contributed by atoms with E-state index >= 15 is 0 Å². The molecule has 0 bridgehead atoms.